The lowest BCUT2D eigenvalue weighted by Crippen LogP contribution is -2.54. The molecule has 0 bridgehead atoms. The highest BCUT2D eigenvalue weighted by atomic mass is 32.2. The maximum absolute atomic E-state index is 14.1. The number of carbonyl (C=O) groups excluding carboxylic acids is 1. The van der Waals surface area contributed by atoms with Crippen LogP contribution in [0.2, 0.25) is 0 Å². The molecule has 4 aliphatic heterocycles. The zero-order chi connectivity index (χ0) is 44.2. The Balaban J connectivity index is 0.861. The van der Waals surface area contributed by atoms with Crippen LogP contribution in [-0.2, 0) is 14.8 Å². The smallest absolute Gasteiger partial charge is 0.297 e. The number of nitro benzene ring substituents is 1. The number of rotatable bonds is 11. The Hall–Kier alpha value is -5.71. The van der Waals surface area contributed by atoms with Crippen LogP contribution in [0, 0.1) is 21.4 Å². The van der Waals surface area contributed by atoms with Gasteiger partial charge in [0.1, 0.15) is 23.8 Å². The van der Waals surface area contributed by atoms with Crippen molar-refractivity contribution in [2.24, 2.45) is 11.3 Å². The second kappa shape index (κ2) is 17.0. The third-order valence-corrected chi connectivity index (χ3v) is 15.8. The number of likely N-dealkylation sites (tertiary alicyclic amines) is 1. The van der Waals surface area contributed by atoms with Crippen LogP contribution >= 0.6 is 0 Å². The van der Waals surface area contributed by atoms with Gasteiger partial charge in [-0.15, -0.1) is 0 Å². The number of anilines is 2. The number of nitrogens with one attached hydrogen (secondary N) is 3. The van der Waals surface area contributed by atoms with Gasteiger partial charge < -0.3 is 29.4 Å². The van der Waals surface area contributed by atoms with E-state index < -0.39 is 31.4 Å². The van der Waals surface area contributed by atoms with E-state index in [9.17, 15) is 23.3 Å². The van der Waals surface area contributed by atoms with Gasteiger partial charge in [-0.3, -0.25) is 19.8 Å². The number of sulfonamides is 1. The van der Waals surface area contributed by atoms with Gasteiger partial charge in [0, 0.05) is 73.9 Å². The van der Waals surface area contributed by atoms with E-state index in [2.05, 4.69) is 67.9 Å². The number of H-pyrrole nitrogens is 1. The zero-order valence-corrected chi connectivity index (χ0v) is 37.1. The first-order chi connectivity index (χ1) is 30.9. The molecule has 2 aromatic heterocycles. The van der Waals surface area contributed by atoms with Crippen molar-refractivity contribution >= 4 is 44.0 Å². The van der Waals surface area contributed by atoms with Crippen molar-refractivity contribution in [2.45, 2.75) is 94.2 Å². The van der Waals surface area contributed by atoms with Crippen molar-refractivity contribution in [3.05, 3.63) is 106 Å². The average Bonchev–Trinajstić information content (AvgIpc) is 3.98. The summed E-state index contributed by atoms with van der Waals surface area (Å²) >= 11 is 0. The summed E-state index contributed by atoms with van der Waals surface area (Å²) in [5, 5.41) is 16.4. The van der Waals surface area contributed by atoms with Gasteiger partial charge in [0.05, 0.1) is 27.6 Å². The standard InChI is InChI=1S/C48H55N7O8S/c1-30(2)37-6-3-4-7-38(37)41-8-5-17-54(41)34-26-48(27-34)14-18-53(19-15-48)33-9-10-39(43(23-33)63-35-22-32-11-16-49-46(32)50-28-35)47(56)52-64(59,60)36-24-42(55(57)58)45-44(25-36)62-29-40(51-45)31-12-20-61-21-13-31/h3-4,6-7,9-11,16,22-25,28,30-31,34,40-41,51H,5,8,12-15,17-21,26-27,29H2,1-2H3,(H,49,50)(H,52,56)/t40-,41+/m1/s1. The molecular weight excluding hydrogens is 835 g/mol. The SMILES string of the molecule is CC(C)c1ccccc1[C@@H]1CCCN1C1CC2(CCN(c3ccc(C(=O)NS(=O)(=O)c4cc5c(c([N+](=O)[O-])c4)N[C@@H](C4CCOCC4)CO5)c(Oc4cnc5[nH]ccc5c4)c3)CC2)C1. The first-order valence-electron chi connectivity index (χ1n) is 22.6. The van der Waals surface area contributed by atoms with Crippen LogP contribution in [0.25, 0.3) is 11.0 Å². The van der Waals surface area contributed by atoms with E-state index in [-0.39, 0.29) is 41.3 Å². The maximum Gasteiger partial charge on any atom is 0.297 e. The predicted octanol–water partition coefficient (Wildman–Crippen LogP) is 8.69. The third kappa shape index (κ3) is 8.15. The van der Waals surface area contributed by atoms with Gasteiger partial charge >= 0.3 is 0 Å². The number of aromatic amines is 1. The molecule has 6 heterocycles. The number of carbonyl (C=O) groups is 1. The van der Waals surface area contributed by atoms with Crippen LogP contribution in [0.5, 0.6) is 17.2 Å². The van der Waals surface area contributed by atoms with Gasteiger partial charge in [-0.2, -0.15) is 0 Å². The second-order valence-electron chi connectivity index (χ2n) is 18.6. The van der Waals surface area contributed by atoms with Crippen molar-refractivity contribution in [1.82, 2.24) is 19.6 Å². The molecule has 336 valence electrons. The molecule has 3 saturated heterocycles. The highest BCUT2D eigenvalue weighted by Gasteiger charge is 2.50. The predicted molar refractivity (Wildman–Crippen MR) is 243 cm³/mol. The third-order valence-electron chi connectivity index (χ3n) is 14.5. The summed E-state index contributed by atoms with van der Waals surface area (Å²) in [6.45, 7) is 8.80. The normalized spacial score (nSPS) is 21.6. The van der Waals surface area contributed by atoms with Crippen LogP contribution < -0.4 is 24.4 Å². The Morgan fingerprint density at radius 3 is 2.59 bits per heavy atom. The topological polar surface area (TPSA) is 181 Å². The number of nitro groups is 1. The van der Waals surface area contributed by atoms with Crippen LogP contribution in [-0.4, -0.2) is 85.7 Å². The molecule has 0 radical (unpaired) electrons. The number of aromatic nitrogens is 2. The van der Waals surface area contributed by atoms with Crippen molar-refractivity contribution < 1.29 is 32.3 Å². The van der Waals surface area contributed by atoms with E-state index in [0.29, 0.717) is 48.0 Å². The highest BCUT2D eigenvalue weighted by Crippen LogP contribution is 2.54. The zero-order valence-electron chi connectivity index (χ0n) is 36.3. The van der Waals surface area contributed by atoms with Crippen molar-refractivity contribution in [1.29, 1.82) is 0 Å². The van der Waals surface area contributed by atoms with Crippen molar-refractivity contribution in [3.8, 4) is 17.2 Å². The summed E-state index contributed by atoms with van der Waals surface area (Å²) in [6, 6.07) is 20.9. The van der Waals surface area contributed by atoms with Crippen LogP contribution in [0.4, 0.5) is 17.1 Å². The number of piperidine rings is 1. The number of hydrogen-bond donors (Lipinski definition) is 3. The van der Waals surface area contributed by atoms with Crippen molar-refractivity contribution in [3.63, 3.8) is 0 Å². The van der Waals surface area contributed by atoms with Crippen LogP contribution in [0.15, 0.2) is 84.0 Å². The highest BCUT2D eigenvalue weighted by molar-refractivity contribution is 7.90. The average molecular weight is 890 g/mol. The molecule has 5 aromatic rings. The fourth-order valence-corrected chi connectivity index (χ4v) is 12.0. The van der Waals surface area contributed by atoms with E-state index in [1.54, 1.807) is 30.6 Å². The molecule has 10 rings (SSSR count). The molecule has 16 heteroatoms. The van der Waals surface area contributed by atoms with E-state index in [1.807, 2.05) is 12.1 Å². The summed E-state index contributed by atoms with van der Waals surface area (Å²) in [5.41, 5.74) is 4.41. The molecule has 1 saturated carbocycles. The van der Waals surface area contributed by atoms with Gasteiger partial charge in [0.25, 0.3) is 21.6 Å². The Bertz CT molecular complexity index is 2680. The first-order valence-corrected chi connectivity index (χ1v) is 24.1. The number of benzene rings is 3. The van der Waals surface area contributed by atoms with E-state index in [4.69, 9.17) is 14.2 Å². The molecule has 2 atom stereocenters. The van der Waals surface area contributed by atoms with Crippen LogP contribution in [0.1, 0.15) is 98.7 Å². The molecule has 3 N–H and O–H groups in total. The minimum Gasteiger partial charge on any atom is -0.489 e. The molecule has 4 fully saturated rings. The number of ether oxygens (including phenoxy) is 3. The van der Waals surface area contributed by atoms with Gasteiger partial charge in [0.2, 0.25) is 0 Å². The van der Waals surface area contributed by atoms with Gasteiger partial charge in [0.15, 0.2) is 11.4 Å². The Morgan fingerprint density at radius 1 is 1.02 bits per heavy atom. The Kier molecular flexibility index (Phi) is 11.2. The molecule has 15 nitrogen and oxygen atoms in total. The molecule has 1 spiro atoms. The molecule has 0 unspecified atom stereocenters. The largest absolute Gasteiger partial charge is 0.489 e. The maximum atomic E-state index is 14.1. The van der Waals surface area contributed by atoms with Gasteiger partial charge in [-0.05, 0) is 111 Å². The summed E-state index contributed by atoms with van der Waals surface area (Å²) < 4.78 is 47.8. The number of nitrogens with zero attached hydrogens (tertiary/aromatic N) is 4. The lowest BCUT2D eigenvalue weighted by atomic mass is 9.59. The van der Waals surface area contributed by atoms with E-state index in [1.165, 1.54) is 42.9 Å². The summed E-state index contributed by atoms with van der Waals surface area (Å²) in [6.07, 6.45) is 11.8. The number of fused-ring (bicyclic) bond motifs is 2. The molecule has 5 aliphatic rings. The number of hydrogen-bond acceptors (Lipinski definition) is 12. The first kappa shape index (κ1) is 42.3. The molecular formula is C48H55N7O8S. The fourth-order valence-electron chi connectivity index (χ4n) is 11.0. The van der Waals surface area contributed by atoms with Crippen molar-refractivity contribution in [2.75, 3.05) is 49.7 Å². The minimum atomic E-state index is -4.63. The monoisotopic (exact) mass is 889 g/mol. The summed E-state index contributed by atoms with van der Waals surface area (Å²) in [4.78, 5) is 37.9. The fraction of sp³-hybridized carbons (Fsp3) is 0.458. The van der Waals surface area contributed by atoms with Gasteiger partial charge in [-0.25, -0.2) is 18.1 Å². The molecule has 3 aromatic carbocycles. The summed E-state index contributed by atoms with van der Waals surface area (Å²) in [7, 11) is -4.63. The lowest BCUT2D eigenvalue weighted by Gasteiger charge is -2.56. The van der Waals surface area contributed by atoms with E-state index >= 15 is 0 Å². The minimum absolute atomic E-state index is 0.0271. The number of pyridine rings is 1. The Labute approximate surface area is 373 Å². The van der Waals surface area contributed by atoms with Gasteiger partial charge in [-0.1, -0.05) is 38.1 Å². The van der Waals surface area contributed by atoms with E-state index in [0.717, 1.165) is 62.5 Å². The number of amides is 1. The molecule has 64 heavy (non-hydrogen) atoms. The quantitative estimate of drug-likeness (QED) is 0.0849. The molecule has 1 amide bonds. The Morgan fingerprint density at radius 2 is 1.81 bits per heavy atom. The lowest BCUT2D eigenvalue weighted by molar-refractivity contribution is -0.384. The summed E-state index contributed by atoms with van der Waals surface area (Å²) in [5.74, 6) is 0.264. The second-order valence-corrected chi connectivity index (χ2v) is 20.3. The molecule has 1 aliphatic carbocycles. The van der Waals surface area contributed by atoms with Crippen LogP contribution in [0.3, 0.4) is 0 Å².